The molecule has 0 aliphatic carbocycles. The van der Waals surface area contributed by atoms with Crippen molar-refractivity contribution in [2.45, 2.75) is 39.3 Å². The lowest BCUT2D eigenvalue weighted by atomic mass is 9.92. The molecule has 0 spiro atoms. The van der Waals surface area contributed by atoms with E-state index in [2.05, 4.69) is 31.2 Å². The summed E-state index contributed by atoms with van der Waals surface area (Å²) in [4.78, 5) is 12.7. The number of hydrogen-bond acceptors (Lipinski definition) is 5. The maximum Gasteiger partial charge on any atom is 0.262 e. The van der Waals surface area contributed by atoms with Crippen molar-refractivity contribution in [3.05, 3.63) is 65.2 Å². The van der Waals surface area contributed by atoms with Crippen LogP contribution in [0.5, 0.6) is 0 Å². The molecule has 1 aromatic carbocycles. The molecule has 0 radical (unpaired) electrons. The third kappa shape index (κ3) is 4.43. The van der Waals surface area contributed by atoms with Crippen LogP contribution in [0.15, 0.2) is 47.2 Å². The van der Waals surface area contributed by atoms with Crippen LogP contribution < -0.4 is 5.32 Å². The summed E-state index contributed by atoms with van der Waals surface area (Å²) in [5.41, 5.74) is 2.67. The lowest BCUT2D eigenvalue weighted by Gasteiger charge is -2.14. The first-order valence-electron chi connectivity index (χ1n) is 8.74. The average Bonchev–Trinajstić information content (AvgIpc) is 3.23. The van der Waals surface area contributed by atoms with Crippen LogP contribution in [0.1, 0.15) is 48.1 Å². The minimum Gasteiger partial charge on any atom is -0.378 e. The quantitative estimate of drug-likeness (QED) is 0.719. The highest BCUT2D eigenvalue weighted by Gasteiger charge is 2.23. The van der Waals surface area contributed by atoms with Gasteiger partial charge in [-0.3, -0.25) is 4.79 Å². The van der Waals surface area contributed by atoms with Crippen molar-refractivity contribution >= 4 is 11.7 Å². The summed E-state index contributed by atoms with van der Waals surface area (Å²) in [6.45, 7) is 7.02. The Morgan fingerprint density at radius 1 is 1.26 bits per heavy atom. The Balaban J connectivity index is 1.89. The average molecular weight is 368 g/mol. The number of carbonyl (C=O) groups excluding carboxylic acids is 1. The smallest absolute Gasteiger partial charge is 0.262 e. The first-order chi connectivity index (χ1) is 12.9. The lowest BCUT2D eigenvalue weighted by Crippen LogP contribution is -2.17. The molecule has 2 aromatic heterocycles. The van der Waals surface area contributed by atoms with E-state index in [4.69, 9.17) is 14.4 Å². The van der Waals surface area contributed by atoms with Gasteiger partial charge in [-0.05, 0) is 5.56 Å². The van der Waals surface area contributed by atoms with Crippen LogP contribution in [0.3, 0.4) is 0 Å². The predicted molar refractivity (Wildman–Crippen MR) is 102 cm³/mol. The molecule has 1 N–H and O–H groups in total. The third-order valence-corrected chi connectivity index (χ3v) is 4.14. The van der Waals surface area contributed by atoms with Crippen LogP contribution >= 0.6 is 0 Å². The number of rotatable bonds is 6. The molecular formula is C20H24N4O3. The molecule has 3 aromatic rings. The normalized spacial score (nSPS) is 11.6. The van der Waals surface area contributed by atoms with E-state index in [-0.39, 0.29) is 17.9 Å². The molecule has 0 fully saturated rings. The van der Waals surface area contributed by atoms with Crippen molar-refractivity contribution in [3.63, 3.8) is 0 Å². The van der Waals surface area contributed by atoms with E-state index in [0.717, 1.165) is 11.3 Å². The van der Waals surface area contributed by atoms with E-state index >= 15 is 0 Å². The molecule has 3 rings (SSSR count). The second-order valence-corrected chi connectivity index (χ2v) is 7.37. The van der Waals surface area contributed by atoms with Crippen molar-refractivity contribution in [1.82, 2.24) is 14.9 Å². The summed E-state index contributed by atoms with van der Waals surface area (Å²) in [6.07, 6.45) is 1.33. The lowest BCUT2D eigenvalue weighted by molar-refractivity contribution is 0.102. The highest BCUT2D eigenvalue weighted by molar-refractivity contribution is 6.04. The topological polar surface area (TPSA) is 82.2 Å². The number of aromatic nitrogens is 3. The molecular weight excluding hydrogens is 344 g/mol. The molecule has 0 aliphatic rings. The SMILES string of the molecule is COCc1nocc1C(=O)Nc1cc(C(C)(C)C)nn1Cc1ccccc1. The highest BCUT2D eigenvalue weighted by Crippen LogP contribution is 2.25. The molecule has 0 saturated carbocycles. The van der Waals surface area contributed by atoms with Gasteiger partial charge in [0.25, 0.3) is 5.91 Å². The summed E-state index contributed by atoms with van der Waals surface area (Å²) < 4.78 is 11.8. The predicted octanol–water partition coefficient (Wildman–Crippen LogP) is 3.62. The number of nitrogens with zero attached hydrogens (tertiary/aromatic N) is 3. The Bertz CT molecular complexity index is 907. The summed E-state index contributed by atoms with van der Waals surface area (Å²) in [7, 11) is 1.54. The van der Waals surface area contributed by atoms with Crippen LogP contribution in [0, 0.1) is 0 Å². The maximum atomic E-state index is 12.7. The molecule has 7 nitrogen and oxygen atoms in total. The first kappa shape index (κ1) is 18.8. The van der Waals surface area contributed by atoms with Crippen molar-refractivity contribution in [3.8, 4) is 0 Å². The largest absolute Gasteiger partial charge is 0.378 e. The molecule has 0 bridgehead atoms. The van der Waals surface area contributed by atoms with E-state index in [1.807, 2.05) is 36.4 Å². The number of hydrogen-bond donors (Lipinski definition) is 1. The Labute approximate surface area is 158 Å². The minimum atomic E-state index is -0.307. The second kappa shape index (κ2) is 7.75. The molecule has 2 heterocycles. The number of nitrogens with one attached hydrogen (secondary N) is 1. The number of amides is 1. The van der Waals surface area contributed by atoms with Gasteiger partial charge >= 0.3 is 0 Å². The molecule has 0 atom stereocenters. The van der Waals surface area contributed by atoms with Crippen molar-refractivity contribution in [2.75, 3.05) is 12.4 Å². The number of benzene rings is 1. The summed E-state index contributed by atoms with van der Waals surface area (Å²) >= 11 is 0. The van der Waals surface area contributed by atoms with Gasteiger partial charge in [0.2, 0.25) is 0 Å². The second-order valence-electron chi connectivity index (χ2n) is 7.37. The third-order valence-electron chi connectivity index (χ3n) is 4.14. The molecule has 27 heavy (non-hydrogen) atoms. The Hall–Kier alpha value is -2.93. The molecule has 0 saturated heterocycles. The van der Waals surface area contributed by atoms with Crippen molar-refractivity contribution < 1.29 is 14.1 Å². The van der Waals surface area contributed by atoms with Crippen molar-refractivity contribution in [2.24, 2.45) is 0 Å². The summed E-state index contributed by atoms with van der Waals surface area (Å²) in [5.74, 6) is 0.316. The van der Waals surface area contributed by atoms with Crippen LogP contribution in [-0.2, 0) is 23.3 Å². The highest BCUT2D eigenvalue weighted by atomic mass is 16.5. The van der Waals surface area contributed by atoms with Crippen LogP contribution in [-0.4, -0.2) is 28.0 Å². The van der Waals surface area contributed by atoms with Gasteiger partial charge < -0.3 is 14.6 Å². The maximum absolute atomic E-state index is 12.7. The van der Waals surface area contributed by atoms with E-state index < -0.39 is 0 Å². The van der Waals surface area contributed by atoms with Gasteiger partial charge in [0, 0.05) is 18.6 Å². The Morgan fingerprint density at radius 3 is 2.67 bits per heavy atom. The number of ether oxygens (including phenoxy) is 1. The van der Waals surface area contributed by atoms with Gasteiger partial charge in [-0.15, -0.1) is 0 Å². The van der Waals surface area contributed by atoms with Gasteiger partial charge in [0.1, 0.15) is 23.3 Å². The van der Waals surface area contributed by atoms with Crippen molar-refractivity contribution in [1.29, 1.82) is 0 Å². The van der Waals surface area contributed by atoms with E-state index in [9.17, 15) is 4.79 Å². The van der Waals surface area contributed by atoms with E-state index in [1.165, 1.54) is 6.26 Å². The number of anilines is 1. The van der Waals surface area contributed by atoms with Gasteiger partial charge in [0.15, 0.2) is 0 Å². The summed E-state index contributed by atoms with van der Waals surface area (Å²) in [5, 5.41) is 11.5. The van der Waals surface area contributed by atoms with Crippen LogP contribution in [0.4, 0.5) is 5.82 Å². The standard InChI is InChI=1S/C20H24N4O3/c1-20(2,3)17-10-18(24(22-17)11-14-8-6-5-7-9-14)21-19(25)15-12-27-23-16(15)13-26-4/h5-10,12H,11,13H2,1-4H3,(H,21,25). The summed E-state index contributed by atoms with van der Waals surface area (Å²) in [6, 6.07) is 11.9. The van der Waals surface area contributed by atoms with E-state index in [1.54, 1.807) is 11.8 Å². The van der Waals surface area contributed by atoms with Gasteiger partial charge in [0.05, 0.1) is 18.8 Å². The molecule has 7 heteroatoms. The molecule has 1 amide bonds. The Morgan fingerprint density at radius 2 is 2.00 bits per heavy atom. The zero-order valence-electron chi connectivity index (χ0n) is 16.0. The van der Waals surface area contributed by atoms with Crippen LogP contribution in [0.25, 0.3) is 0 Å². The molecule has 0 unspecified atom stereocenters. The first-order valence-corrected chi connectivity index (χ1v) is 8.74. The van der Waals surface area contributed by atoms with Crippen LogP contribution in [0.2, 0.25) is 0 Å². The molecule has 0 aliphatic heterocycles. The Kier molecular flexibility index (Phi) is 5.41. The fourth-order valence-corrected chi connectivity index (χ4v) is 2.63. The van der Waals surface area contributed by atoms with Gasteiger partial charge in [-0.2, -0.15) is 5.10 Å². The minimum absolute atomic E-state index is 0.139. The van der Waals surface area contributed by atoms with Gasteiger partial charge in [-0.25, -0.2) is 4.68 Å². The number of carbonyl (C=O) groups is 1. The molecule has 142 valence electrons. The van der Waals surface area contributed by atoms with E-state index in [0.29, 0.717) is 23.6 Å². The fourth-order valence-electron chi connectivity index (χ4n) is 2.63. The fraction of sp³-hybridized carbons (Fsp3) is 0.350. The number of methoxy groups -OCH3 is 1. The zero-order chi connectivity index (χ0) is 19.4. The monoisotopic (exact) mass is 368 g/mol. The van der Waals surface area contributed by atoms with Gasteiger partial charge in [-0.1, -0.05) is 56.3 Å². The zero-order valence-corrected chi connectivity index (χ0v) is 16.0.